The lowest BCUT2D eigenvalue weighted by atomic mass is 10.1. The molecule has 1 fully saturated rings. The molecule has 1 N–H and O–H groups in total. The second-order valence-corrected chi connectivity index (χ2v) is 5.96. The van der Waals surface area contributed by atoms with E-state index in [-0.39, 0.29) is 0 Å². The van der Waals surface area contributed by atoms with E-state index in [1.54, 1.807) is 0 Å². The molecule has 1 nitrogen and oxygen atoms in total. The van der Waals surface area contributed by atoms with E-state index < -0.39 is 0 Å². The van der Waals surface area contributed by atoms with Gasteiger partial charge < -0.3 is 5.32 Å². The fraction of sp³-hybridized carbons (Fsp3) is 0.529. The van der Waals surface area contributed by atoms with E-state index in [2.05, 4.69) is 56.4 Å². The van der Waals surface area contributed by atoms with E-state index in [0.29, 0.717) is 0 Å². The van der Waals surface area contributed by atoms with Crippen molar-refractivity contribution in [2.75, 3.05) is 13.1 Å². The highest BCUT2D eigenvalue weighted by molar-refractivity contribution is 5.54. The molecule has 1 aliphatic carbocycles. The first-order valence-electron chi connectivity index (χ1n) is 7.13. The van der Waals surface area contributed by atoms with Gasteiger partial charge in [-0.25, -0.2) is 0 Å². The molecular weight excluding hydrogens is 218 g/mol. The average Bonchev–Trinajstić information content (AvgIpc) is 3.12. The Morgan fingerprint density at radius 1 is 1.39 bits per heavy atom. The highest BCUT2D eigenvalue weighted by Gasteiger charge is 2.23. The smallest absolute Gasteiger partial charge is 0.0165 e. The maximum Gasteiger partial charge on any atom is 0.0165 e. The Kier molecular flexibility index (Phi) is 4.60. The quantitative estimate of drug-likeness (QED) is 0.789. The first kappa shape index (κ1) is 13.4. The van der Waals surface area contributed by atoms with E-state index in [4.69, 9.17) is 0 Å². The first-order valence-corrected chi connectivity index (χ1v) is 7.13. The topological polar surface area (TPSA) is 12.0 Å². The molecule has 0 atom stereocenters. The number of hydrogen-bond acceptors (Lipinski definition) is 1. The Labute approximate surface area is 111 Å². The zero-order valence-electron chi connectivity index (χ0n) is 11.9. The van der Waals surface area contributed by atoms with Crippen LogP contribution in [0.25, 0.3) is 6.08 Å². The molecule has 0 amide bonds. The molecule has 0 unspecified atom stereocenters. The third-order valence-corrected chi connectivity index (χ3v) is 3.33. The number of nitrogens with one attached hydrogen (secondary N) is 1. The van der Waals surface area contributed by atoms with Crippen molar-refractivity contribution in [1.29, 1.82) is 0 Å². The van der Waals surface area contributed by atoms with Gasteiger partial charge in [-0.1, -0.05) is 49.8 Å². The third kappa shape index (κ3) is 4.30. The van der Waals surface area contributed by atoms with Crippen LogP contribution in [0.2, 0.25) is 0 Å². The molecule has 1 heteroatoms. The molecule has 0 spiro atoms. The third-order valence-electron chi connectivity index (χ3n) is 3.33. The summed E-state index contributed by atoms with van der Waals surface area (Å²) in [7, 11) is 0. The van der Waals surface area contributed by atoms with Crippen LogP contribution >= 0.6 is 0 Å². The van der Waals surface area contributed by atoms with Crippen LogP contribution in [0.4, 0.5) is 0 Å². The van der Waals surface area contributed by atoms with Crippen molar-refractivity contribution in [3.05, 3.63) is 41.0 Å². The highest BCUT2D eigenvalue weighted by Crippen LogP contribution is 2.40. The molecule has 18 heavy (non-hydrogen) atoms. The van der Waals surface area contributed by atoms with Gasteiger partial charge in [0.25, 0.3) is 0 Å². The van der Waals surface area contributed by atoms with Crippen LogP contribution in [0.3, 0.4) is 0 Å². The Bertz CT molecular complexity index is 413. The second kappa shape index (κ2) is 6.19. The standard InChI is InChI=1S/C17H25N/c1-13(2)11-18-12-14(3)9-15-5-4-6-17(10-15)16-7-8-16/h4-6,9-10,13,16,18H,7-8,11-12H2,1-3H3. The van der Waals surface area contributed by atoms with Crippen LogP contribution in [0.5, 0.6) is 0 Å². The van der Waals surface area contributed by atoms with Crippen molar-refractivity contribution in [2.45, 2.75) is 39.5 Å². The largest absolute Gasteiger partial charge is 0.313 e. The lowest BCUT2D eigenvalue weighted by molar-refractivity contribution is 0.572. The summed E-state index contributed by atoms with van der Waals surface area (Å²) in [5, 5.41) is 3.49. The summed E-state index contributed by atoms with van der Waals surface area (Å²) in [5.41, 5.74) is 4.28. The van der Waals surface area contributed by atoms with Crippen molar-refractivity contribution >= 4 is 6.08 Å². The molecule has 1 aromatic rings. The van der Waals surface area contributed by atoms with Crippen molar-refractivity contribution in [3.8, 4) is 0 Å². The zero-order valence-corrected chi connectivity index (χ0v) is 11.9. The summed E-state index contributed by atoms with van der Waals surface area (Å²) in [5.74, 6) is 1.56. The lowest BCUT2D eigenvalue weighted by Gasteiger charge is -2.08. The van der Waals surface area contributed by atoms with Crippen LogP contribution in [0.15, 0.2) is 29.8 Å². The molecule has 0 saturated heterocycles. The van der Waals surface area contributed by atoms with Crippen LogP contribution in [0, 0.1) is 5.92 Å². The molecule has 0 aromatic heterocycles. The average molecular weight is 243 g/mol. The van der Waals surface area contributed by atoms with Crippen LogP contribution in [0.1, 0.15) is 50.7 Å². The molecule has 1 saturated carbocycles. The van der Waals surface area contributed by atoms with Crippen molar-refractivity contribution in [2.24, 2.45) is 5.92 Å². The first-order chi connectivity index (χ1) is 8.65. The summed E-state index contributed by atoms with van der Waals surface area (Å²) in [6.07, 6.45) is 5.06. The van der Waals surface area contributed by atoms with Gasteiger partial charge in [-0.15, -0.1) is 0 Å². The van der Waals surface area contributed by atoms with E-state index in [1.165, 1.54) is 29.5 Å². The van der Waals surface area contributed by atoms with Crippen LogP contribution < -0.4 is 5.32 Å². The summed E-state index contributed by atoms with van der Waals surface area (Å²) < 4.78 is 0. The summed E-state index contributed by atoms with van der Waals surface area (Å²) in [6, 6.07) is 9.01. The highest BCUT2D eigenvalue weighted by atomic mass is 14.8. The minimum Gasteiger partial charge on any atom is -0.313 e. The summed E-state index contributed by atoms with van der Waals surface area (Å²) in [6.45, 7) is 8.77. The fourth-order valence-corrected chi connectivity index (χ4v) is 2.21. The van der Waals surface area contributed by atoms with E-state index >= 15 is 0 Å². The normalized spacial score (nSPS) is 16.3. The predicted octanol–water partition coefficient (Wildman–Crippen LogP) is 4.21. The SMILES string of the molecule is CC(=Cc1cccc(C2CC2)c1)CNCC(C)C. The minimum atomic E-state index is 0.719. The maximum atomic E-state index is 3.49. The molecule has 1 aromatic carbocycles. The number of hydrogen-bond donors (Lipinski definition) is 1. The Morgan fingerprint density at radius 3 is 2.83 bits per heavy atom. The molecule has 1 aliphatic rings. The maximum absolute atomic E-state index is 3.49. The monoisotopic (exact) mass is 243 g/mol. The molecule has 98 valence electrons. The summed E-state index contributed by atoms with van der Waals surface area (Å²) in [4.78, 5) is 0. The van der Waals surface area contributed by atoms with Gasteiger partial charge in [0.1, 0.15) is 0 Å². The lowest BCUT2D eigenvalue weighted by Crippen LogP contribution is -2.21. The number of benzene rings is 1. The second-order valence-electron chi connectivity index (χ2n) is 5.96. The molecular formula is C17H25N. The van der Waals surface area contributed by atoms with Crippen molar-refractivity contribution in [1.82, 2.24) is 5.32 Å². The molecule has 0 heterocycles. The van der Waals surface area contributed by atoms with Gasteiger partial charge in [0.15, 0.2) is 0 Å². The van der Waals surface area contributed by atoms with Gasteiger partial charge in [-0.2, -0.15) is 0 Å². The van der Waals surface area contributed by atoms with Crippen LogP contribution in [-0.2, 0) is 0 Å². The Hall–Kier alpha value is -1.08. The minimum absolute atomic E-state index is 0.719. The summed E-state index contributed by atoms with van der Waals surface area (Å²) >= 11 is 0. The van der Waals surface area contributed by atoms with Crippen molar-refractivity contribution < 1.29 is 0 Å². The van der Waals surface area contributed by atoms with Gasteiger partial charge >= 0.3 is 0 Å². The van der Waals surface area contributed by atoms with E-state index in [9.17, 15) is 0 Å². The molecule has 0 radical (unpaired) electrons. The molecule has 0 bridgehead atoms. The Balaban J connectivity index is 1.91. The zero-order chi connectivity index (χ0) is 13.0. The predicted molar refractivity (Wildman–Crippen MR) is 79.8 cm³/mol. The van der Waals surface area contributed by atoms with Crippen molar-refractivity contribution in [3.63, 3.8) is 0 Å². The Morgan fingerprint density at radius 2 is 2.17 bits per heavy atom. The molecule has 2 rings (SSSR count). The van der Waals surface area contributed by atoms with E-state index in [1.807, 2.05) is 0 Å². The van der Waals surface area contributed by atoms with Crippen LogP contribution in [-0.4, -0.2) is 13.1 Å². The van der Waals surface area contributed by atoms with Gasteiger partial charge in [0.2, 0.25) is 0 Å². The van der Waals surface area contributed by atoms with Gasteiger partial charge in [-0.3, -0.25) is 0 Å². The van der Waals surface area contributed by atoms with Gasteiger partial charge in [0, 0.05) is 6.54 Å². The fourth-order valence-electron chi connectivity index (χ4n) is 2.21. The van der Waals surface area contributed by atoms with Gasteiger partial charge in [0.05, 0.1) is 0 Å². The number of rotatable bonds is 6. The van der Waals surface area contributed by atoms with E-state index in [0.717, 1.165) is 24.9 Å². The van der Waals surface area contributed by atoms with Gasteiger partial charge in [-0.05, 0) is 49.3 Å². The molecule has 0 aliphatic heterocycles.